The van der Waals surface area contributed by atoms with Gasteiger partial charge in [0, 0.05) is 6.07 Å². The number of carbonyl (C=O) groups excluding carboxylic acids is 1. The monoisotopic (exact) mass is 372 g/mol. The van der Waals surface area contributed by atoms with Crippen LogP contribution in [0.2, 0.25) is 0 Å². The molecule has 0 bridgehead atoms. The molecular weight excluding hydrogens is 356 g/mol. The molecule has 0 spiro atoms. The zero-order chi connectivity index (χ0) is 19.5. The SMILES string of the molecule is Cc1cc(NC(=O)/C(C#N)=C/c2ccc3c(c2)OCO3)n(-c2ccccc2)n1. The van der Waals surface area contributed by atoms with Crippen LogP contribution in [-0.2, 0) is 4.79 Å². The summed E-state index contributed by atoms with van der Waals surface area (Å²) in [6.07, 6.45) is 1.51. The normalized spacial score (nSPS) is 12.5. The number of fused-ring (bicyclic) bond motifs is 1. The van der Waals surface area contributed by atoms with Crippen LogP contribution in [0.25, 0.3) is 11.8 Å². The van der Waals surface area contributed by atoms with Gasteiger partial charge in [-0.25, -0.2) is 4.68 Å². The van der Waals surface area contributed by atoms with Crippen molar-refractivity contribution in [2.24, 2.45) is 0 Å². The molecule has 0 unspecified atom stereocenters. The molecule has 1 N–H and O–H groups in total. The maximum Gasteiger partial charge on any atom is 0.267 e. The van der Waals surface area contributed by atoms with E-state index in [-0.39, 0.29) is 12.4 Å². The van der Waals surface area contributed by atoms with Crippen molar-refractivity contribution in [2.45, 2.75) is 6.92 Å². The number of carbonyl (C=O) groups is 1. The van der Waals surface area contributed by atoms with Gasteiger partial charge in [0.15, 0.2) is 11.5 Å². The van der Waals surface area contributed by atoms with Crippen LogP contribution in [0.3, 0.4) is 0 Å². The number of anilines is 1. The molecule has 0 radical (unpaired) electrons. The molecule has 138 valence electrons. The van der Waals surface area contributed by atoms with Crippen molar-refractivity contribution in [1.29, 1.82) is 5.26 Å². The first-order chi connectivity index (χ1) is 13.6. The van der Waals surface area contributed by atoms with Crippen molar-refractivity contribution in [3.63, 3.8) is 0 Å². The number of hydrogen-bond donors (Lipinski definition) is 1. The van der Waals surface area contributed by atoms with Crippen LogP contribution < -0.4 is 14.8 Å². The van der Waals surface area contributed by atoms with Crippen LogP contribution in [-0.4, -0.2) is 22.5 Å². The van der Waals surface area contributed by atoms with Gasteiger partial charge in [-0.05, 0) is 42.8 Å². The molecule has 3 aromatic rings. The minimum atomic E-state index is -0.516. The molecule has 2 heterocycles. The van der Waals surface area contributed by atoms with Gasteiger partial charge in [0.25, 0.3) is 5.91 Å². The first-order valence-corrected chi connectivity index (χ1v) is 8.59. The quantitative estimate of drug-likeness (QED) is 0.560. The highest BCUT2D eigenvalue weighted by molar-refractivity contribution is 6.09. The van der Waals surface area contributed by atoms with Gasteiger partial charge in [-0.3, -0.25) is 4.79 Å². The third kappa shape index (κ3) is 3.44. The molecule has 7 nitrogen and oxygen atoms in total. The molecule has 28 heavy (non-hydrogen) atoms. The zero-order valence-corrected chi connectivity index (χ0v) is 15.0. The molecular formula is C21H16N4O3. The molecule has 1 amide bonds. The Labute approximate surface area is 161 Å². The van der Waals surface area contributed by atoms with Crippen LogP contribution in [0, 0.1) is 18.3 Å². The summed E-state index contributed by atoms with van der Waals surface area (Å²) in [7, 11) is 0. The van der Waals surface area contributed by atoms with E-state index in [1.165, 1.54) is 6.08 Å². The summed E-state index contributed by atoms with van der Waals surface area (Å²) < 4.78 is 12.2. The van der Waals surface area contributed by atoms with Crippen molar-refractivity contribution < 1.29 is 14.3 Å². The number of nitriles is 1. The fourth-order valence-electron chi connectivity index (χ4n) is 2.86. The summed E-state index contributed by atoms with van der Waals surface area (Å²) >= 11 is 0. The van der Waals surface area contributed by atoms with Crippen LogP contribution in [0.1, 0.15) is 11.3 Å². The molecule has 2 aromatic carbocycles. The van der Waals surface area contributed by atoms with Crippen LogP contribution in [0.15, 0.2) is 60.2 Å². The highest BCUT2D eigenvalue weighted by Crippen LogP contribution is 2.33. The Hall–Kier alpha value is -4.05. The number of rotatable bonds is 4. The summed E-state index contributed by atoms with van der Waals surface area (Å²) in [4.78, 5) is 12.7. The van der Waals surface area contributed by atoms with E-state index in [1.54, 1.807) is 28.9 Å². The standard InChI is InChI=1S/C21H16N4O3/c1-14-9-20(25(24-14)17-5-3-2-4-6-17)23-21(26)16(12-22)10-15-7-8-18-19(11-15)28-13-27-18/h2-11H,13H2,1H3,(H,23,26)/b16-10+. The Morgan fingerprint density at radius 2 is 1.96 bits per heavy atom. The Bertz CT molecular complexity index is 1110. The lowest BCUT2D eigenvalue weighted by Gasteiger charge is -2.08. The topological polar surface area (TPSA) is 89.2 Å². The number of ether oxygens (including phenoxy) is 2. The Balaban J connectivity index is 1.60. The molecule has 0 fully saturated rings. The summed E-state index contributed by atoms with van der Waals surface area (Å²) in [5.74, 6) is 1.20. The average molecular weight is 372 g/mol. The van der Waals surface area contributed by atoms with Gasteiger partial charge in [-0.2, -0.15) is 10.4 Å². The van der Waals surface area contributed by atoms with E-state index in [2.05, 4.69) is 10.4 Å². The Kier molecular flexibility index (Phi) is 4.52. The first-order valence-electron chi connectivity index (χ1n) is 8.59. The number of hydrogen-bond acceptors (Lipinski definition) is 5. The predicted molar refractivity (Wildman–Crippen MR) is 103 cm³/mol. The second-order valence-corrected chi connectivity index (χ2v) is 6.15. The van der Waals surface area contributed by atoms with E-state index in [0.29, 0.717) is 22.9 Å². The molecule has 1 aliphatic heterocycles. The number of nitrogens with one attached hydrogen (secondary N) is 1. The van der Waals surface area contributed by atoms with Gasteiger partial charge in [0.05, 0.1) is 11.4 Å². The maximum atomic E-state index is 12.7. The van der Waals surface area contributed by atoms with Crippen molar-refractivity contribution in [3.8, 4) is 23.3 Å². The molecule has 0 atom stereocenters. The molecule has 1 aliphatic rings. The summed E-state index contributed by atoms with van der Waals surface area (Å²) in [5, 5.41) is 16.6. The average Bonchev–Trinajstić information content (AvgIpc) is 3.32. The molecule has 0 saturated carbocycles. The largest absolute Gasteiger partial charge is 0.454 e. The minimum Gasteiger partial charge on any atom is -0.454 e. The second kappa shape index (κ2) is 7.29. The number of benzene rings is 2. The van der Waals surface area contributed by atoms with Gasteiger partial charge < -0.3 is 14.8 Å². The molecule has 0 aliphatic carbocycles. The van der Waals surface area contributed by atoms with Gasteiger partial charge in [0.2, 0.25) is 6.79 Å². The van der Waals surface area contributed by atoms with E-state index in [9.17, 15) is 10.1 Å². The fraction of sp³-hybridized carbons (Fsp3) is 0.0952. The predicted octanol–water partition coefficient (Wildman–Crippen LogP) is 3.46. The summed E-state index contributed by atoms with van der Waals surface area (Å²) in [6, 6.07) is 18.4. The first kappa shape index (κ1) is 17.4. The van der Waals surface area contributed by atoms with Gasteiger partial charge >= 0.3 is 0 Å². The fourth-order valence-corrected chi connectivity index (χ4v) is 2.86. The van der Waals surface area contributed by atoms with Crippen LogP contribution >= 0.6 is 0 Å². The second-order valence-electron chi connectivity index (χ2n) is 6.15. The van der Waals surface area contributed by atoms with Crippen LogP contribution in [0.4, 0.5) is 5.82 Å². The number of aromatic nitrogens is 2. The zero-order valence-electron chi connectivity index (χ0n) is 15.0. The third-order valence-corrected chi connectivity index (χ3v) is 4.15. The number of aryl methyl sites for hydroxylation is 1. The number of para-hydroxylation sites is 1. The number of amides is 1. The summed E-state index contributed by atoms with van der Waals surface area (Å²) in [6.45, 7) is 2.00. The summed E-state index contributed by atoms with van der Waals surface area (Å²) in [5.41, 5.74) is 2.20. The van der Waals surface area contributed by atoms with Crippen LogP contribution in [0.5, 0.6) is 11.5 Å². The van der Waals surface area contributed by atoms with Crippen molar-refractivity contribution in [1.82, 2.24) is 9.78 Å². The van der Waals surface area contributed by atoms with Gasteiger partial charge in [0.1, 0.15) is 17.5 Å². The van der Waals surface area contributed by atoms with Crippen molar-refractivity contribution in [3.05, 3.63) is 71.4 Å². The number of nitrogens with zero attached hydrogens (tertiary/aromatic N) is 3. The van der Waals surface area contributed by atoms with E-state index in [1.807, 2.05) is 43.3 Å². The molecule has 4 rings (SSSR count). The molecule has 0 saturated heterocycles. The van der Waals surface area contributed by atoms with E-state index < -0.39 is 5.91 Å². The molecule has 1 aromatic heterocycles. The minimum absolute atomic E-state index is 0.0302. The highest BCUT2D eigenvalue weighted by Gasteiger charge is 2.16. The third-order valence-electron chi connectivity index (χ3n) is 4.15. The van der Waals surface area contributed by atoms with Crippen molar-refractivity contribution >= 4 is 17.8 Å². The van der Waals surface area contributed by atoms with E-state index in [4.69, 9.17) is 9.47 Å². The van der Waals surface area contributed by atoms with Crippen molar-refractivity contribution in [2.75, 3.05) is 12.1 Å². The Morgan fingerprint density at radius 3 is 2.75 bits per heavy atom. The highest BCUT2D eigenvalue weighted by atomic mass is 16.7. The van der Waals surface area contributed by atoms with E-state index in [0.717, 1.165) is 11.4 Å². The molecule has 7 heteroatoms. The lowest BCUT2D eigenvalue weighted by molar-refractivity contribution is -0.112. The lowest BCUT2D eigenvalue weighted by atomic mass is 10.1. The van der Waals surface area contributed by atoms with Gasteiger partial charge in [-0.15, -0.1) is 0 Å². The lowest BCUT2D eigenvalue weighted by Crippen LogP contribution is -2.16. The Morgan fingerprint density at radius 1 is 1.18 bits per heavy atom. The van der Waals surface area contributed by atoms with Gasteiger partial charge in [-0.1, -0.05) is 24.3 Å². The van der Waals surface area contributed by atoms with E-state index >= 15 is 0 Å². The maximum absolute atomic E-state index is 12.7. The smallest absolute Gasteiger partial charge is 0.267 e.